The van der Waals surface area contributed by atoms with Gasteiger partial charge in [0.2, 0.25) is 0 Å². The molecule has 0 saturated carbocycles. The van der Waals surface area contributed by atoms with Crippen LogP contribution in [0.3, 0.4) is 0 Å². The van der Waals surface area contributed by atoms with Crippen LogP contribution in [-0.4, -0.2) is 31.3 Å². The zero-order valence-corrected chi connectivity index (χ0v) is 8.01. The Hall–Kier alpha value is -0.370. The van der Waals surface area contributed by atoms with Crippen LogP contribution >= 0.6 is 0 Å². The zero-order valence-electron chi connectivity index (χ0n) is 7.20. The molecule has 0 spiro atoms. The Bertz CT molecular complexity index is 231. The third-order valence-corrected chi connectivity index (χ3v) is 2.30. The van der Waals surface area contributed by atoms with Crippen LogP contribution in [-0.2, 0) is 10.1 Å². The monoisotopic (exact) mass is 240 g/mol. The molecule has 8 heteroatoms. The van der Waals surface area contributed by atoms with E-state index in [0.717, 1.165) is 0 Å². The Morgan fingerprint density at radius 3 is 2.07 bits per heavy atom. The van der Waals surface area contributed by atoms with Gasteiger partial charge in [-0.3, -0.25) is 13.6 Å². The molecular weight excluding hydrogens is 228 g/mol. The van der Waals surface area contributed by atoms with Crippen molar-refractivity contribution in [3.05, 3.63) is 0 Å². The maximum Gasteiger partial charge on any atom is 0.300 e. The van der Waals surface area contributed by atoms with Gasteiger partial charge in [-0.2, -0.15) is 8.42 Å². The smallest absolute Gasteiger partial charge is 0.283 e. The van der Waals surface area contributed by atoms with Crippen molar-refractivity contribution in [2.45, 2.75) is 30.9 Å². The Morgan fingerprint density at radius 2 is 1.71 bits per heavy atom. The molecule has 2 atom stereocenters. The lowest BCUT2D eigenvalue weighted by atomic mass is 10.2. The molecule has 0 bridgehead atoms. The molecule has 14 heavy (non-hydrogen) atoms. The van der Waals surface area contributed by atoms with Gasteiger partial charge in [-0.1, -0.05) is 0 Å². The van der Waals surface area contributed by atoms with E-state index in [4.69, 9.17) is 4.55 Å². The summed E-state index contributed by atoms with van der Waals surface area (Å²) >= 11 is 0. The molecule has 0 aliphatic carbocycles. The molecular formula is C6H12F4O3S. The third-order valence-electron chi connectivity index (χ3n) is 1.43. The van der Waals surface area contributed by atoms with Gasteiger partial charge in [-0.25, -0.2) is 8.78 Å². The molecule has 0 amide bonds. The first-order valence-electron chi connectivity index (χ1n) is 3.70. The van der Waals surface area contributed by atoms with Gasteiger partial charge >= 0.3 is 10.1 Å². The molecule has 0 aliphatic rings. The minimum atomic E-state index is -4.97. The van der Waals surface area contributed by atoms with E-state index >= 15 is 0 Å². The Balaban J connectivity index is 0. The van der Waals surface area contributed by atoms with Gasteiger partial charge < -0.3 is 0 Å². The lowest BCUT2D eigenvalue weighted by Gasteiger charge is -2.09. The summed E-state index contributed by atoms with van der Waals surface area (Å²) in [6.45, 7) is -0.657. The molecule has 0 rings (SSSR count). The normalized spacial score (nSPS) is 15.7. The zero-order chi connectivity index (χ0) is 10.5. The minimum absolute atomic E-state index is 0. The van der Waals surface area contributed by atoms with E-state index in [1.807, 2.05) is 0 Å². The number of unbranched alkanes of at least 4 members (excludes halogenated alkanes) is 1. The van der Waals surface area contributed by atoms with Crippen molar-refractivity contribution in [2.75, 3.05) is 6.67 Å². The highest BCUT2D eigenvalue weighted by Crippen LogP contribution is 2.16. The Kier molecular flexibility index (Phi) is 8.03. The average Bonchev–Trinajstić information content (AvgIpc) is 2.01. The van der Waals surface area contributed by atoms with E-state index in [9.17, 15) is 21.6 Å². The molecule has 0 fully saturated rings. The molecule has 1 N–H and O–H groups in total. The maximum atomic E-state index is 12.6. The average molecular weight is 240 g/mol. The predicted molar refractivity (Wildman–Crippen MR) is 43.7 cm³/mol. The second-order valence-electron chi connectivity index (χ2n) is 2.57. The second kappa shape index (κ2) is 6.99. The van der Waals surface area contributed by atoms with Gasteiger partial charge in [-0.05, 0) is 19.3 Å². The van der Waals surface area contributed by atoms with Crippen LogP contribution in [0.5, 0.6) is 0 Å². The van der Waals surface area contributed by atoms with Crippen LogP contribution in [0.4, 0.5) is 17.9 Å². The highest BCUT2D eigenvalue weighted by molar-refractivity contribution is 7.86. The quantitative estimate of drug-likeness (QED) is 0.437. The molecule has 0 radical (unpaired) electrons. The number of halogens is 4. The maximum absolute atomic E-state index is 12.6. The van der Waals surface area contributed by atoms with Crippen LogP contribution in [0.25, 0.3) is 0 Å². The number of alkyl halides is 3. The fourth-order valence-corrected chi connectivity index (χ4v) is 1.26. The molecule has 0 aromatic heterocycles. The number of rotatable bonds is 6. The van der Waals surface area contributed by atoms with Crippen molar-refractivity contribution >= 4 is 10.1 Å². The first-order valence-corrected chi connectivity index (χ1v) is 5.20. The lowest BCUT2D eigenvalue weighted by molar-refractivity contribution is 0.199. The largest absolute Gasteiger partial charge is 0.300 e. The Morgan fingerprint density at radius 1 is 1.21 bits per heavy atom. The van der Waals surface area contributed by atoms with Crippen molar-refractivity contribution in [3.63, 3.8) is 0 Å². The summed E-state index contributed by atoms with van der Waals surface area (Å²) in [7, 11) is -4.97. The first-order chi connectivity index (χ1) is 5.89. The van der Waals surface area contributed by atoms with Crippen molar-refractivity contribution in [1.82, 2.24) is 0 Å². The second-order valence-corrected chi connectivity index (χ2v) is 4.05. The summed E-state index contributed by atoms with van der Waals surface area (Å²) in [6, 6.07) is 0. The first kappa shape index (κ1) is 16.1. The topological polar surface area (TPSA) is 54.4 Å². The fourth-order valence-electron chi connectivity index (χ4n) is 0.751. The molecule has 3 nitrogen and oxygen atoms in total. The van der Waals surface area contributed by atoms with Gasteiger partial charge in [0, 0.05) is 0 Å². The summed E-state index contributed by atoms with van der Waals surface area (Å²) < 4.78 is 64.7. The summed E-state index contributed by atoms with van der Waals surface area (Å²) in [5.41, 5.74) is -2.92. The van der Waals surface area contributed by atoms with E-state index in [-0.39, 0.29) is 17.5 Å². The van der Waals surface area contributed by atoms with Crippen LogP contribution in [0.15, 0.2) is 0 Å². The fraction of sp³-hybridized carbons (Fsp3) is 1.00. The molecule has 0 heterocycles. The number of hydrogen-bond donors (Lipinski definition) is 1. The van der Waals surface area contributed by atoms with E-state index in [1.54, 1.807) is 0 Å². The van der Waals surface area contributed by atoms with Gasteiger partial charge in [0.15, 0.2) is 0 Å². The minimum Gasteiger partial charge on any atom is -0.283 e. The van der Waals surface area contributed by atoms with Gasteiger partial charge in [0.1, 0.15) is 6.17 Å². The van der Waals surface area contributed by atoms with Gasteiger partial charge in [0.05, 0.1) is 6.67 Å². The van der Waals surface area contributed by atoms with E-state index < -0.39 is 34.9 Å². The van der Waals surface area contributed by atoms with Crippen molar-refractivity contribution in [3.8, 4) is 0 Å². The molecule has 0 aromatic rings. The SMILES string of the molecule is F.O=S(=O)(O)C(F)C(F)CCCCF. The lowest BCUT2D eigenvalue weighted by Crippen LogP contribution is -2.26. The summed E-state index contributed by atoms with van der Waals surface area (Å²) in [6.07, 6.45) is -2.60. The summed E-state index contributed by atoms with van der Waals surface area (Å²) in [5, 5.41) is 0. The molecule has 0 aliphatic heterocycles. The van der Waals surface area contributed by atoms with Crippen molar-refractivity contribution < 1.29 is 30.8 Å². The van der Waals surface area contributed by atoms with Crippen LogP contribution in [0, 0.1) is 0 Å². The standard InChI is InChI=1S/C6H11F3O3S.FH/c7-4-2-1-3-5(8)6(9)13(10,11)12;/h5-6H,1-4H2,(H,10,11,12);1H. The van der Waals surface area contributed by atoms with E-state index in [2.05, 4.69) is 0 Å². The predicted octanol–water partition coefficient (Wildman–Crippen LogP) is 1.80. The summed E-state index contributed by atoms with van der Waals surface area (Å²) in [5.74, 6) is 0. The number of hydrogen-bond acceptors (Lipinski definition) is 2. The van der Waals surface area contributed by atoms with Crippen LogP contribution in [0.2, 0.25) is 0 Å². The molecule has 2 unspecified atom stereocenters. The van der Waals surface area contributed by atoms with E-state index in [1.165, 1.54) is 0 Å². The van der Waals surface area contributed by atoms with E-state index in [0.29, 0.717) is 0 Å². The van der Waals surface area contributed by atoms with Crippen molar-refractivity contribution in [2.24, 2.45) is 0 Å². The molecule has 0 saturated heterocycles. The van der Waals surface area contributed by atoms with Gasteiger partial charge in [-0.15, -0.1) is 0 Å². The van der Waals surface area contributed by atoms with Crippen molar-refractivity contribution in [1.29, 1.82) is 0 Å². The molecule has 88 valence electrons. The third kappa shape index (κ3) is 6.14. The highest BCUT2D eigenvalue weighted by Gasteiger charge is 2.31. The summed E-state index contributed by atoms with van der Waals surface area (Å²) in [4.78, 5) is 0. The Labute approximate surface area is 79.4 Å². The van der Waals surface area contributed by atoms with Crippen LogP contribution < -0.4 is 0 Å². The molecule has 0 aromatic carbocycles. The highest BCUT2D eigenvalue weighted by atomic mass is 32.2. The van der Waals surface area contributed by atoms with Gasteiger partial charge in [0.25, 0.3) is 5.50 Å². The van der Waals surface area contributed by atoms with Crippen LogP contribution in [0.1, 0.15) is 19.3 Å².